The zero-order valence-electron chi connectivity index (χ0n) is 10.5. The first kappa shape index (κ1) is 12.8. The molecule has 16 heavy (non-hydrogen) atoms. The Morgan fingerprint density at radius 2 is 2.06 bits per heavy atom. The summed E-state index contributed by atoms with van der Waals surface area (Å²) in [6.45, 7) is 6.10. The van der Waals surface area contributed by atoms with Crippen LogP contribution >= 0.6 is 0 Å². The van der Waals surface area contributed by atoms with Gasteiger partial charge in [-0.25, -0.2) is 0 Å². The number of hydrogen-bond donors (Lipinski definition) is 1. The van der Waals surface area contributed by atoms with Crippen LogP contribution in [-0.2, 0) is 11.2 Å². The van der Waals surface area contributed by atoms with Crippen LogP contribution in [0.5, 0.6) is 0 Å². The Morgan fingerprint density at radius 3 is 2.62 bits per heavy atom. The summed E-state index contributed by atoms with van der Waals surface area (Å²) in [5.41, 5.74) is 3.44. The molecule has 0 bridgehead atoms. The maximum absolute atomic E-state index is 11.3. The Bertz CT molecular complexity index is 358. The van der Waals surface area contributed by atoms with Gasteiger partial charge in [-0.15, -0.1) is 0 Å². The van der Waals surface area contributed by atoms with Crippen molar-refractivity contribution in [3.05, 3.63) is 29.3 Å². The quantitative estimate of drug-likeness (QED) is 0.804. The maximum Gasteiger partial charge on any atom is 0.224 e. The molecule has 88 valence electrons. The number of aryl methyl sites for hydroxylation is 2. The van der Waals surface area contributed by atoms with E-state index in [1.807, 2.05) is 19.9 Å². The van der Waals surface area contributed by atoms with E-state index in [1.54, 1.807) is 0 Å². The Hall–Kier alpha value is -1.31. The van der Waals surface area contributed by atoms with Gasteiger partial charge in [0.25, 0.3) is 0 Å². The predicted octanol–water partition coefficient (Wildman–Crippen LogP) is 3.69. The van der Waals surface area contributed by atoms with Crippen molar-refractivity contribution in [3.63, 3.8) is 0 Å². The van der Waals surface area contributed by atoms with Gasteiger partial charge in [-0.3, -0.25) is 4.79 Å². The average Bonchev–Trinajstić information content (AvgIpc) is 2.29. The number of anilines is 1. The van der Waals surface area contributed by atoms with Gasteiger partial charge in [-0.05, 0) is 37.0 Å². The molecular formula is C14H21NO. The zero-order valence-corrected chi connectivity index (χ0v) is 10.5. The first-order chi connectivity index (χ1) is 7.67. The molecule has 0 aromatic heterocycles. The number of nitrogens with one attached hydrogen (secondary N) is 1. The molecular weight excluding hydrogens is 198 g/mol. The summed E-state index contributed by atoms with van der Waals surface area (Å²) in [6.07, 6.45) is 4.09. The van der Waals surface area contributed by atoms with Gasteiger partial charge in [0.2, 0.25) is 5.91 Å². The molecule has 0 radical (unpaired) electrons. The fourth-order valence-corrected chi connectivity index (χ4v) is 1.64. The van der Waals surface area contributed by atoms with Crippen LogP contribution in [0.25, 0.3) is 0 Å². The Labute approximate surface area is 98.1 Å². The molecule has 0 unspecified atom stereocenters. The van der Waals surface area contributed by atoms with Crippen LogP contribution in [-0.4, -0.2) is 5.91 Å². The monoisotopic (exact) mass is 219 g/mol. The summed E-state index contributed by atoms with van der Waals surface area (Å²) >= 11 is 0. The van der Waals surface area contributed by atoms with Crippen LogP contribution < -0.4 is 5.32 Å². The number of unbranched alkanes of at least 4 members (excludes halogenated alkanes) is 1. The minimum Gasteiger partial charge on any atom is -0.326 e. The number of carbonyl (C=O) groups is 1. The molecule has 0 aliphatic rings. The summed E-state index contributed by atoms with van der Waals surface area (Å²) < 4.78 is 0. The van der Waals surface area contributed by atoms with E-state index in [2.05, 4.69) is 24.4 Å². The van der Waals surface area contributed by atoms with E-state index in [-0.39, 0.29) is 5.91 Å². The molecule has 1 amide bonds. The summed E-state index contributed by atoms with van der Waals surface area (Å²) in [5.74, 6) is 0.0735. The van der Waals surface area contributed by atoms with E-state index in [0.29, 0.717) is 6.42 Å². The smallest absolute Gasteiger partial charge is 0.224 e. The van der Waals surface area contributed by atoms with Crippen LogP contribution in [0.15, 0.2) is 18.2 Å². The molecule has 0 aliphatic carbocycles. The van der Waals surface area contributed by atoms with Crippen molar-refractivity contribution in [2.24, 2.45) is 0 Å². The molecule has 0 fully saturated rings. The normalized spacial score (nSPS) is 10.2. The van der Waals surface area contributed by atoms with Gasteiger partial charge < -0.3 is 5.32 Å². The van der Waals surface area contributed by atoms with Crippen LogP contribution in [0, 0.1) is 6.92 Å². The van der Waals surface area contributed by atoms with Crippen molar-refractivity contribution in [1.29, 1.82) is 0 Å². The second kappa shape index (κ2) is 6.31. The third-order valence-electron chi connectivity index (χ3n) is 2.71. The average molecular weight is 219 g/mol. The van der Waals surface area contributed by atoms with Crippen molar-refractivity contribution >= 4 is 11.6 Å². The summed E-state index contributed by atoms with van der Waals surface area (Å²) in [5, 5.41) is 2.90. The lowest BCUT2D eigenvalue weighted by atomic mass is 10.0. The molecule has 0 atom stereocenters. The Morgan fingerprint density at radius 1 is 1.31 bits per heavy atom. The molecule has 1 rings (SSSR count). The van der Waals surface area contributed by atoms with Crippen LogP contribution in [0.4, 0.5) is 5.69 Å². The Balaban J connectivity index is 2.71. The van der Waals surface area contributed by atoms with E-state index < -0.39 is 0 Å². The number of carbonyl (C=O) groups excluding carboxylic acids is 1. The predicted molar refractivity (Wildman–Crippen MR) is 68.7 cm³/mol. The number of benzene rings is 1. The first-order valence-corrected chi connectivity index (χ1v) is 6.06. The SMILES string of the molecule is CCCCc1ccc(NC(=O)CC)c(C)c1. The van der Waals surface area contributed by atoms with E-state index in [9.17, 15) is 4.79 Å². The molecule has 0 aliphatic heterocycles. The molecule has 1 aromatic carbocycles. The Kier molecular flexibility index (Phi) is 5.03. The minimum atomic E-state index is 0.0735. The van der Waals surface area contributed by atoms with E-state index >= 15 is 0 Å². The van der Waals surface area contributed by atoms with Crippen molar-refractivity contribution in [1.82, 2.24) is 0 Å². The molecule has 0 saturated heterocycles. The number of amides is 1. The molecule has 1 N–H and O–H groups in total. The molecule has 2 heteroatoms. The van der Waals surface area contributed by atoms with Crippen molar-refractivity contribution < 1.29 is 4.79 Å². The fourth-order valence-electron chi connectivity index (χ4n) is 1.64. The topological polar surface area (TPSA) is 29.1 Å². The summed E-state index contributed by atoms with van der Waals surface area (Å²) in [6, 6.07) is 6.28. The van der Waals surface area contributed by atoms with Crippen molar-refractivity contribution in [2.45, 2.75) is 46.5 Å². The third-order valence-corrected chi connectivity index (χ3v) is 2.71. The molecule has 0 spiro atoms. The molecule has 0 saturated carbocycles. The van der Waals surface area contributed by atoms with E-state index in [1.165, 1.54) is 18.4 Å². The van der Waals surface area contributed by atoms with Gasteiger partial charge >= 0.3 is 0 Å². The summed E-state index contributed by atoms with van der Waals surface area (Å²) in [7, 11) is 0. The highest BCUT2D eigenvalue weighted by atomic mass is 16.1. The van der Waals surface area contributed by atoms with Crippen LogP contribution in [0.3, 0.4) is 0 Å². The van der Waals surface area contributed by atoms with Crippen LogP contribution in [0.1, 0.15) is 44.2 Å². The number of hydrogen-bond acceptors (Lipinski definition) is 1. The van der Waals surface area contributed by atoms with Crippen molar-refractivity contribution in [2.75, 3.05) is 5.32 Å². The van der Waals surface area contributed by atoms with Gasteiger partial charge in [0.15, 0.2) is 0 Å². The molecule has 0 heterocycles. The van der Waals surface area contributed by atoms with Crippen LogP contribution in [0.2, 0.25) is 0 Å². The van der Waals surface area contributed by atoms with Gasteiger partial charge in [0.05, 0.1) is 0 Å². The third kappa shape index (κ3) is 3.69. The highest BCUT2D eigenvalue weighted by molar-refractivity contribution is 5.91. The summed E-state index contributed by atoms with van der Waals surface area (Å²) in [4.78, 5) is 11.3. The zero-order chi connectivity index (χ0) is 12.0. The standard InChI is InChI=1S/C14H21NO/c1-4-6-7-12-8-9-13(11(3)10-12)15-14(16)5-2/h8-10H,4-7H2,1-3H3,(H,15,16). The van der Waals surface area contributed by atoms with Gasteiger partial charge in [-0.1, -0.05) is 32.4 Å². The second-order valence-electron chi connectivity index (χ2n) is 4.15. The lowest BCUT2D eigenvalue weighted by molar-refractivity contribution is -0.115. The highest BCUT2D eigenvalue weighted by Crippen LogP contribution is 2.18. The minimum absolute atomic E-state index is 0.0735. The van der Waals surface area contributed by atoms with Crippen molar-refractivity contribution in [3.8, 4) is 0 Å². The van der Waals surface area contributed by atoms with Gasteiger partial charge in [0, 0.05) is 12.1 Å². The van der Waals surface area contributed by atoms with E-state index in [0.717, 1.165) is 17.7 Å². The van der Waals surface area contributed by atoms with Gasteiger partial charge in [0.1, 0.15) is 0 Å². The number of rotatable bonds is 5. The van der Waals surface area contributed by atoms with Gasteiger partial charge in [-0.2, -0.15) is 0 Å². The lowest BCUT2D eigenvalue weighted by Gasteiger charge is -2.09. The fraction of sp³-hybridized carbons (Fsp3) is 0.500. The highest BCUT2D eigenvalue weighted by Gasteiger charge is 2.03. The first-order valence-electron chi connectivity index (χ1n) is 6.06. The lowest BCUT2D eigenvalue weighted by Crippen LogP contribution is -2.10. The second-order valence-corrected chi connectivity index (χ2v) is 4.15. The van der Waals surface area contributed by atoms with E-state index in [4.69, 9.17) is 0 Å². The largest absolute Gasteiger partial charge is 0.326 e. The maximum atomic E-state index is 11.3. The molecule has 2 nitrogen and oxygen atoms in total. The molecule has 1 aromatic rings.